The molecule has 3 aromatic carbocycles. The number of rotatable bonds is 6. The van der Waals surface area contributed by atoms with Crippen molar-refractivity contribution in [3.63, 3.8) is 0 Å². The normalized spacial score (nSPS) is 17.5. The van der Waals surface area contributed by atoms with Gasteiger partial charge in [0, 0.05) is 54.6 Å². The molecule has 2 atom stereocenters. The van der Waals surface area contributed by atoms with E-state index in [1.54, 1.807) is 29.2 Å². The van der Waals surface area contributed by atoms with Crippen LogP contribution < -0.4 is 5.32 Å². The number of anilines is 1. The fourth-order valence-electron chi connectivity index (χ4n) is 5.26. The third-order valence-corrected chi connectivity index (χ3v) is 6.96. The molecule has 1 aliphatic rings. The molecule has 0 saturated heterocycles. The fourth-order valence-corrected chi connectivity index (χ4v) is 5.26. The highest BCUT2D eigenvalue weighted by molar-refractivity contribution is 6.05. The van der Waals surface area contributed by atoms with E-state index >= 15 is 0 Å². The van der Waals surface area contributed by atoms with Gasteiger partial charge >= 0.3 is 6.18 Å². The molecule has 6 nitrogen and oxygen atoms in total. The number of fused-ring (bicyclic) bond motifs is 2. The number of carbonyl (C=O) groups excluding carboxylic acids is 2. The van der Waals surface area contributed by atoms with Gasteiger partial charge in [-0.1, -0.05) is 42.5 Å². The van der Waals surface area contributed by atoms with Gasteiger partial charge in [0.25, 0.3) is 5.91 Å². The summed E-state index contributed by atoms with van der Waals surface area (Å²) >= 11 is 0. The van der Waals surface area contributed by atoms with Crippen LogP contribution in [-0.4, -0.2) is 41.5 Å². The molecule has 1 aliphatic heterocycles. The number of hydrogen-bond acceptors (Lipinski definition) is 3. The summed E-state index contributed by atoms with van der Waals surface area (Å²) < 4.78 is 47.2. The summed E-state index contributed by atoms with van der Waals surface area (Å²) in [5.41, 5.74) is 1.77. The average Bonchev–Trinajstić information content (AvgIpc) is 3.23. The number of benzene rings is 3. The number of nitrogens with zero attached hydrogens (tertiary/aromatic N) is 2. The minimum absolute atomic E-state index is 0.0271. The first-order valence-electron chi connectivity index (χ1n) is 12.1. The van der Waals surface area contributed by atoms with Gasteiger partial charge in [-0.25, -0.2) is 0 Å². The maximum Gasteiger partial charge on any atom is 0.416 e. The molecule has 2 amide bonds. The van der Waals surface area contributed by atoms with Crippen LogP contribution in [0.2, 0.25) is 0 Å². The van der Waals surface area contributed by atoms with Crippen LogP contribution in [0.4, 0.5) is 18.9 Å². The molecule has 9 heteroatoms. The Morgan fingerprint density at radius 2 is 1.74 bits per heavy atom. The van der Waals surface area contributed by atoms with Crippen molar-refractivity contribution in [2.45, 2.75) is 18.1 Å². The Labute approximate surface area is 217 Å². The molecule has 2 heterocycles. The second kappa shape index (κ2) is 9.98. The molecule has 0 spiro atoms. The van der Waals surface area contributed by atoms with E-state index in [1.165, 1.54) is 19.2 Å². The van der Waals surface area contributed by atoms with Gasteiger partial charge in [-0.15, -0.1) is 0 Å². The van der Waals surface area contributed by atoms with E-state index in [0.29, 0.717) is 11.1 Å². The van der Waals surface area contributed by atoms with Crippen molar-refractivity contribution in [2.75, 3.05) is 25.6 Å². The number of carbonyl (C=O) groups is 2. The Morgan fingerprint density at radius 3 is 2.50 bits per heavy atom. The minimum Gasteiger partial charge on any atom is -0.383 e. The van der Waals surface area contributed by atoms with Crippen molar-refractivity contribution < 1.29 is 27.5 Å². The molecular formula is C29H26F3N3O3. The largest absolute Gasteiger partial charge is 0.416 e. The molecule has 0 aliphatic carbocycles. The Balaban J connectivity index is 1.66. The van der Waals surface area contributed by atoms with E-state index in [4.69, 9.17) is 4.74 Å². The lowest BCUT2D eigenvalue weighted by atomic mass is 9.79. The molecule has 0 bridgehead atoms. The third-order valence-electron chi connectivity index (χ3n) is 6.96. The molecule has 0 saturated carbocycles. The number of aromatic nitrogens is 1. The van der Waals surface area contributed by atoms with Crippen molar-refractivity contribution in [2.24, 2.45) is 7.05 Å². The van der Waals surface area contributed by atoms with E-state index in [2.05, 4.69) is 5.32 Å². The molecule has 196 valence electrons. The van der Waals surface area contributed by atoms with Crippen LogP contribution in [-0.2, 0) is 22.8 Å². The second-order valence-corrected chi connectivity index (χ2v) is 9.28. The first-order valence-corrected chi connectivity index (χ1v) is 12.1. The number of alkyl halides is 3. The zero-order valence-corrected chi connectivity index (χ0v) is 20.8. The van der Waals surface area contributed by atoms with Gasteiger partial charge in [-0.3, -0.25) is 9.59 Å². The summed E-state index contributed by atoms with van der Waals surface area (Å²) in [5, 5.41) is 3.58. The number of aryl methyl sites for hydroxylation is 1. The van der Waals surface area contributed by atoms with Gasteiger partial charge in [-0.2, -0.15) is 13.2 Å². The maximum absolute atomic E-state index is 14.0. The highest BCUT2D eigenvalue weighted by Crippen LogP contribution is 2.45. The van der Waals surface area contributed by atoms with Crippen LogP contribution in [0.15, 0.2) is 79.0 Å². The quantitative estimate of drug-likeness (QED) is 0.351. The van der Waals surface area contributed by atoms with Gasteiger partial charge in [-0.05, 0) is 35.9 Å². The predicted octanol–water partition coefficient (Wildman–Crippen LogP) is 5.76. The first-order chi connectivity index (χ1) is 18.2. The molecule has 4 aromatic rings. The smallest absolute Gasteiger partial charge is 0.383 e. The summed E-state index contributed by atoms with van der Waals surface area (Å²) in [5.74, 6) is -1.63. The summed E-state index contributed by atoms with van der Waals surface area (Å²) in [7, 11) is 3.43. The van der Waals surface area contributed by atoms with Crippen LogP contribution in [0.5, 0.6) is 0 Å². The molecule has 38 heavy (non-hydrogen) atoms. The number of ether oxygens (including phenoxy) is 1. The van der Waals surface area contributed by atoms with Gasteiger partial charge in [0.1, 0.15) is 0 Å². The fraction of sp³-hybridized carbons (Fsp3) is 0.241. The lowest BCUT2D eigenvalue weighted by Gasteiger charge is -2.41. The highest BCUT2D eigenvalue weighted by atomic mass is 19.4. The molecule has 5 rings (SSSR count). The summed E-state index contributed by atoms with van der Waals surface area (Å²) in [4.78, 5) is 29.3. The number of nitrogens with one attached hydrogen (secondary N) is 1. The number of para-hydroxylation sites is 1. The van der Waals surface area contributed by atoms with Crippen molar-refractivity contribution in [3.05, 3.63) is 101 Å². The van der Waals surface area contributed by atoms with E-state index in [-0.39, 0.29) is 24.7 Å². The monoisotopic (exact) mass is 521 g/mol. The van der Waals surface area contributed by atoms with Gasteiger partial charge in [0.15, 0.2) is 0 Å². The summed E-state index contributed by atoms with van der Waals surface area (Å²) in [6.45, 7) is 0.474. The molecule has 0 fully saturated rings. The number of amides is 2. The number of methoxy groups -OCH3 is 1. The van der Waals surface area contributed by atoms with Crippen LogP contribution in [0.25, 0.3) is 10.9 Å². The van der Waals surface area contributed by atoms with E-state index in [0.717, 1.165) is 28.6 Å². The number of halogens is 3. The minimum atomic E-state index is -4.55. The van der Waals surface area contributed by atoms with Crippen LogP contribution in [0, 0.1) is 0 Å². The van der Waals surface area contributed by atoms with E-state index in [9.17, 15) is 22.8 Å². The zero-order valence-electron chi connectivity index (χ0n) is 20.8. The van der Waals surface area contributed by atoms with Crippen molar-refractivity contribution >= 4 is 28.4 Å². The molecule has 1 aromatic heterocycles. The standard InChI is InChI=1S/C29H26F3N3O3/c1-34-17-23(20-10-5-6-13-24(20)34)26-25(27(36)33-19-9-7-8-18(16-19)29(30,31)32)21-11-3-4-12-22(21)28(37)35(26)14-15-38-2/h3-13,16-17,25-26H,14-15H2,1-2H3,(H,33,36)/t25-,26+/m0/s1. The van der Waals surface area contributed by atoms with Crippen LogP contribution >= 0.6 is 0 Å². The highest BCUT2D eigenvalue weighted by Gasteiger charge is 2.45. The van der Waals surface area contributed by atoms with Crippen LogP contribution in [0.1, 0.15) is 39.0 Å². The second-order valence-electron chi connectivity index (χ2n) is 9.28. The van der Waals surface area contributed by atoms with E-state index < -0.39 is 29.6 Å². The summed E-state index contributed by atoms with van der Waals surface area (Å²) in [6.07, 6.45) is -2.64. The Morgan fingerprint density at radius 1 is 1.00 bits per heavy atom. The first kappa shape index (κ1) is 25.5. The van der Waals surface area contributed by atoms with Gasteiger partial charge in [0.05, 0.1) is 24.1 Å². The lowest BCUT2D eigenvalue weighted by Crippen LogP contribution is -2.47. The predicted molar refractivity (Wildman–Crippen MR) is 138 cm³/mol. The Bertz CT molecular complexity index is 1510. The maximum atomic E-state index is 14.0. The Hall–Kier alpha value is -4.11. The lowest BCUT2D eigenvalue weighted by molar-refractivity contribution is -0.137. The molecule has 0 radical (unpaired) electrons. The molecule has 1 N–H and O–H groups in total. The van der Waals surface area contributed by atoms with Gasteiger partial charge < -0.3 is 19.5 Å². The van der Waals surface area contributed by atoms with Crippen molar-refractivity contribution in [1.82, 2.24) is 9.47 Å². The van der Waals surface area contributed by atoms with Gasteiger partial charge in [0.2, 0.25) is 5.91 Å². The summed E-state index contributed by atoms with van der Waals surface area (Å²) in [6, 6.07) is 18.4. The Kier molecular flexibility index (Phi) is 6.71. The average molecular weight is 522 g/mol. The van der Waals surface area contributed by atoms with Crippen LogP contribution in [0.3, 0.4) is 0 Å². The van der Waals surface area contributed by atoms with Crippen molar-refractivity contribution in [3.8, 4) is 0 Å². The topological polar surface area (TPSA) is 63.6 Å². The van der Waals surface area contributed by atoms with E-state index in [1.807, 2.05) is 42.1 Å². The SMILES string of the molecule is COCCN1C(=O)c2ccccc2[C@H](C(=O)Nc2cccc(C(F)(F)F)c2)[C@H]1c1cn(C)c2ccccc12. The molecule has 0 unspecified atom stereocenters. The third kappa shape index (κ3) is 4.54. The molecular weight excluding hydrogens is 495 g/mol. The zero-order chi connectivity index (χ0) is 27.0. The van der Waals surface area contributed by atoms with Crippen molar-refractivity contribution in [1.29, 1.82) is 0 Å². The number of hydrogen-bond donors (Lipinski definition) is 1.